The molecule has 3 aromatic rings. The van der Waals surface area contributed by atoms with E-state index in [2.05, 4.69) is 0 Å². The monoisotopic (exact) mass is 648 g/mol. The van der Waals surface area contributed by atoms with Crippen LogP contribution in [0.25, 0.3) is 0 Å². The Morgan fingerprint density at radius 2 is 1.62 bits per heavy atom. The first-order valence-electron chi connectivity index (χ1n) is 16.3. The van der Waals surface area contributed by atoms with E-state index in [4.69, 9.17) is 9.84 Å². The Labute approximate surface area is 277 Å². The van der Waals surface area contributed by atoms with Gasteiger partial charge in [-0.15, -0.1) is 0 Å². The van der Waals surface area contributed by atoms with Crippen molar-refractivity contribution in [3.63, 3.8) is 0 Å². The van der Waals surface area contributed by atoms with E-state index in [1.807, 2.05) is 36.4 Å². The summed E-state index contributed by atoms with van der Waals surface area (Å²) in [6.07, 6.45) is 2.35. The number of allylic oxidation sites excluding steroid dienone is 2. The number of rotatable bonds is 9. The van der Waals surface area contributed by atoms with E-state index in [1.54, 1.807) is 49.4 Å². The molecule has 48 heavy (non-hydrogen) atoms. The SMILES string of the molecule is CC12C(=O)N(c3ccccc3)C(=O)C1CC1C(=CCC3C(=O)N(CCCC(=O)O)C(=O)C31)C2c1ccc(OCc2ccccc2)cc1O. The van der Waals surface area contributed by atoms with Crippen LogP contribution in [0.2, 0.25) is 0 Å². The molecule has 0 bridgehead atoms. The van der Waals surface area contributed by atoms with Crippen molar-refractivity contribution >= 4 is 35.3 Å². The maximum Gasteiger partial charge on any atom is 0.303 e. The number of hydrogen-bond donors (Lipinski definition) is 2. The standard InChI is InChI=1S/C38H36N2O8/c1-38-29(35(45)40(37(38)47)23-11-6-3-7-12-23)20-28-25(16-17-27-32(28)36(46)39(34(27)44)18-8-13-31(42)43)33(38)26-15-14-24(19-30(26)41)48-21-22-9-4-2-5-10-22/h2-7,9-12,14-16,19,27-29,32-33,41H,8,13,17-18,20-21H2,1H3,(H,42,43). The molecule has 6 atom stereocenters. The zero-order valence-corrected chi connectivity index (χ0v) is 26.5. The quantitative estimate of drug-likeness (QED) is 0.242. The molecule has 4 amide bonds. The number of carbonyl (C=O) groups is 5. The highest BCUT2D eigenvalue weighted by atomic mass is 16.5. The van der Waals surface area contributed by atoms with Crippen LogP contribution in [0.3, 0.4) is 0 Å². The van der Waals surface area contributed by atoms with Crippen LogP contribution in [0.4, 0.5) is 5.69 Å². The summed E-state index contributed by atoms with van der Waals surface area (Å²) in [5, 5.41) is 20.7. The first-order chi connectivity index (χ1) is 23.1. The second-order valence-corrected chi connectivity index (χ2v) is 13.3. The molecule has 3 fully saturated rings. The number of aromatic hydroxyl groups is 1. The van der Waals surface area contributed by atoms with Gasteiger partial charge in [0.05, 0.1) is 28.9 Å². The number of hydrogen-bond acceptors (Lipinski definition) is 7. The summed E-state index contributed by atoms with van der Waals surface area (Å²) in [4.78, 5) is 69.7. The maximum atomic E-state index is 14.5. The fraction of sp³-hybridized carbons (Fsp3) is 0.342. The van der Waals surface area contributed by atoms with Crippen molar-refractivity contribution in [2.24, 2.45) is 29.1 Å². The number of carboxylic acids is 1. The van der Waals surface area contributed by atoms with Crippen molar-refractivity contribution in [3.8, 4) is 11.5 Å². The van der Waals surface area contributed by atoms with Crippen LogP contribution < -0.4 is 9.64 Å². The van der Waals surface area contributed by atoms with Crippen LogP contribution in [0.15, 0.2) is 90.5 Å². The average Bonchev–Trinajstić information content (AvgIpc) is 3.44. The van der Waals surface area contributed by atoms with Gasteiger partial charge in [0.1, 0.15) is 18.1 Å². The van der Waals surface area contributed by atoms with Crippen LogP contribution >= 0.6 is 0 Å². The molecule has 7 rings (SSSR count). The molecule has 0 aromatic heterocycles. The first-order valence-corrected chi connectivity index (χ1v) is 16.3. The van der Waals surface area contributed by atoms with Gasteiger partial charge in [-0.25, -0.2) is 4.90 Å². The number of anilines is 1. The second-order valence-electron chi connectivity index (χ2n) is 13.3. The van der Waals surface area contributed by atoms with Gasteiger partial charge in [0, 0.05) is 30.5 Å². The summed E-state index contributed by atoms with van der Waals surface area (Å²) in [7, 11) is 0. The third-order valence-electron chi connectivity index (χ3n) is 10.7. The lowest BCUT2D eigenvalue weighted by atomic mass is 9.51. The van der Waals surface area contributed by atoms with Crippen molar-refractivity contribution in [1.29, 1.82) is 0 Å². The third kappa shape index (κ3) is 4.98. The van der Waals surface area contributed by atoms with Crippen LogP contribution in [0.1, 0.15) is 49.7 Å². The highest BCUT2D eigenvalue weighted by molar-refractivity contribution is 6.24. The number of para-hydroxylation sites is 1. The summed E-state index contributed by atoms with van der Waals surface area (Å²) in [5.41, 5.74) is 1.31. The minimum atomic E-state index is -1.29. The molecule has 0 spiro atoms. The van der Waals surface area contributed by atoms with Gasteiger partial charge in [-0.05, 0) is 55.9 Å². The number of likely N-dealkylation sites (tertiary alicyclic amines) is 1. The zero-order chi connectivity index (χ0) is 33.7. The number of imide groups is 2. The van der Waals surface area contributed by atoms with Crippen LogP contribution in [-0.2, 0) is 30.6 Å². The highest BCUT2D eigenvalue weighted by Gasteiger charge is 2.67. The topological polar surface area (TPSA) is 142 Å². The summed E-state index contributed by atoms with van der Waals surface area (Å²) in [6.45, 7) is 2.07. The van der Waals surface area contributed by atoms with Gasteiger partial charge in [-0.2, -0.15) is 0 Å². The number of benzene rings is 3. The van der Waals surface area contributed by atoms with Crippen LogP contribution in [-0.4, -0.2) is 51.3 Å². The van der Waals surface area contributed by atoms with Gasteiger partial charge in [0.15, 0.2) is 0 Å². The van der Waals surface area contributed by atoms with Gasteiger partial charge in [0.2, 0.25) is 23.6 Å². The molecule has 2 N–H and O–H groups in total. The average molecular weight is 649 g/mol. The molecule has 2 heterocycles. The van der Waals surface area contributed by atoms with Crippen LogP contribution in [0.5, 0.6) is 11.5 Å². The smallest absolute Gasteiger partial charge is 0.303 e. The summed E-state index contributed by atoms with van der Waals surface area (Å²) < 4.78 is 5.96. The maximum absolute atomic E-state index is 14.5. The summed E-state index contributed by atoms with van der Waals surface area (Å²) >= 11 is 0. The normalized spacial score (nSPS) is 27.8. The molecule has 10 heteroatoms. The van der Waals surface area contributed by atoms with Gasteiger partial charge in [-0.3, -0.25) is 28.9 Å². The molecule has 10 nitrogen and oxygen atoms in total. The van der Waals surface area contributed by atoms with E-state index in [0.717, 1.165) is 11.1 Å². The number of aliphatic carboxylic acids is 1. The van der Waals surface area contributed by atoms with Gasteiger partial charge in [0.25, 0.3) is 0 Å². The van der Waals surface area contributed by atoms with Gasteiger partial charge >= 0.3 is 5.97 Å². The molecular formula is C38H36N2O8. The van der Waals surface area contributed by atoms with Crippen molar-refractivity contribution in [3.05, 3.63) is 102 Å². The number of ether oxygens (including phenoxy) is 1. The van der Waals surface area contributed by atoms with Crippen molar-refractivity contribution in [1.82, 2.24) is 4.90 Å². The minimum Gasteiger partial charge on any atom is -0.508 e. The number of amides is 4. The predicted molar refractivity (Wildman–Crippen MR) is 174 cm³/mol. The Kier molecular flexibility index (Phi) is 7.89. The summed E-state index contributed by atoms with van der Waals surface area (Å²) in [6, 6.07) is 23.3. The number of phenols is 1. The zero-order valence-electron chi connectivity index (χ0n) is 26.5. The molecule has 4 aliphatic rings. The fourth-order valence-corrected chi connectivity index (χ4v) is 8.45. The van der Waals surface area contributed by atoms with E-state index < -0.39 is 41.0 Å². The molecule has 1 saturated carbocycles. The Hall–Kier alpha value is -5.25. The largest absolute Gasteiger partial charge is 0.508 e. The number of carbonyl (C=O) groups excluding carboxylic acids is 4. The second kappa shape index (κ2) is 12.1. The van der Waals surface area contributed by atoms with E-state index in [9.17, 15) is 29.1 Å². The molecule has 2 saturated heterocycles. The highest BCUT2D eigenvalue weighted by Crippen LogP contribution is 2.64. The summed E-state index contributed by atoms with van der Waals surface area (Å²) in [5.74, 6) is -5.66. The van der Waals surface area contributed by atoms with Gasteiger partial charge in [-0.1, -0.05) is 66.2 Å². The predicted octanol–water partition coefficient (Wildman–Crippen LogP) is 5.07. The van der Waals surface area contributed by atoms with E-state index in [-0.39, 0.29) is 68.2 Å². The number of phenolic OH excluding ortho intramolecular Hbond substituents is 1. The number of carboxylic acid groups (broad SMARTS) is 1. The van der Waals surface area contributed by atoms with Crippen molar-refractivity contribution < 1.29 is 38.9 Å². The molecule has 6 unspecified atom stereocenters. The van der Waals surface area contributed by atoms with Gasteiger partial charge < -0.3 is 14.9 Å². The number of fused-ring (bicyclic) bond motifs is 4. The Balaban J connectivity index is 1.28. The first kappa shape index (κ1) is 31.4. The minimum absolute atomic E-state index is 0.00796. The molecular weight excluding hydrogens is 612 g/mol. The fourth-order valence-electron chi connectivity index (χ4n) is 8.45. The van der Waals surface area contributed by atoms with Crippen molar-refractivity contribution in [2.45, 2.75) is 45.1 Å². The Morgan fingerprint density at radius 1 is 0.917 bits per heavy atom. The lowest BCUT2D eigenvalue weighted by molar-refractivity contribution is -0.142. The van der Waals surface area contributed by atoms with E-state index in [1.165, 1.54) is 15.9 Å². The Bertz CT molecular complexity index is 1840. The van der Waals surface area contributed by atoms with E-state index in [0.29, 0.717) is 17.0 Å². The van der Waals surface area contributed by atoms with Crippen LogP contribution in [0, 0.1) is 29.1 Å². The molecule has 2 aliphatic carbocycles. The Morgan fingerprint density at radius 3 is 2.31 bits per heavy atom. The third-order valence-corrected chi connectivity index (χ3v) is 10.7. The molecule has 2 aliphatic heterocycles. The van der Waals surface area contributed by atoms with E-state index >= 15 is 0 Å². The lowest BCUT2D eigenvalue weighted by Gasteiger charge is -2.49. The lowest BCUT2D eigenvalue weighted by Crippen LogP contribution is -2.48. The number of nitrogens with zero attached hydrogens (tertiary/aromatic N) is 2. The molecule has 0 radical (unpaired) electrons. The molecule has 3 aromatic carbocycles. The molecule has 246 valence electrons. The van der Waals surface area contributed by atoms with Crippen molar-refractivity contribution in [2.75, 3.05) is 11.4 Å².